The molecule has 0 aromatic heterocycles. The van der Waals surface area contributed by atoms with Gasteiger partial charge < -0.3 is 36.4 Å². The van der Waals surface area contributed by atoms with E-state index >= 15 is 0 Å². The van der Waals surface area contributed by atoms with Crippen LogP contribution in [0, 0.1) is 11.8 Å². The number of likely N-dealkylation sites (N-methyl/N-ethyl adjacent to an activating group) is 1. The van der Waals surface area contributed by atoms with Crippen LogP contribution >= 0.6 is 0 Å². The molecule has 1 aromatic carbocycles. The highest BCUT2D eigenvalue weighted by atomic mass is 16.3. The highest BCUT2D eigenvalue weighted by molar-refractivity contribution is 6.33. The average Bonchev–Trinajstić information content (AvgIpc) is 2.70. The Balaban J connectivity index is 2.09. The molecular weight excluding hydrogens is 436 g/mol. The summed E-state index contributed by atoms with van der Waals surface area (Å²) in [5.74, 6) is -9.72. The van der Waals surface area contributed by atoms with E-state index in [1.807, 2.05) is 0 Å². The lowest BCUT2D eigenvalue weighted by molar-refractivity contribution is -0.185. The van der Waals surface area contributed by atoms with Gasteiger partial charge in [0.15, 0.2) is 5.60 Å². The van der Waals surface area contributed by atoms with Gasteiger partial charge in [0.25, 0.3) is 5.91 Å². The number of Topliss-reactive ketones (excluding diaryl/α,β-unsaturated/α-hetero) is 2. The maximum Gasteiger partial charge on any atom is 0.255 e. The number of aliphatic hydroxyl groups is 5. The van der Waals surface area contributed by atoms with Gasteiger partial charge in [-0.2, -0.15) is 0 Å². The first-order valence-corrected chi connectivity index (χ1v) is 10.1. The first-order valence-electron chi connectivity index (χ1n) is 10.1. The van der Waals surface area contributed by atoms with Crippen molar-refractivity contribution in [3.05, 3.63) is 46.2 Å². The maximum atomic E-state index is 13.7. The first-order chi connectivity index (χ1) is 15.2. The van der Waals surface area contributed by atoms with Crippen molar-refractivity contribution in [1.29, 1.82) is 0 Å². The zero-order valence-electron chi connectivity index (χ0n) is 18.0. The Morgan fingerprint density at radius 3 is 2.24 bits per heavy atom. The van der Waals surface area contributed by atoms with Crippen molar-refractivity contribution < 1.29 is 45.0 Å². The molecule has 0 spiro atoms. The molecule has 3 aliphatic rings. The quantitative estimate of drug-likeness (QED) is 0.203. The van der Waals surface area contributed by atoms with Gasteiger partial charge in [0.2, 0.25) is 11.6 Å². The number of benzene rings is 1. The van der Waals surface area contributed by atoms with E-state index in [0.717, 1.165) is 0 Å². The van der Waals surface area contributed by atoms with Crippen molar-refractivity contribution in [1.82, 2.24) is 4.90 Å². The van der Waals surface area contributed by atoms with E-state index in [4.69, 9.17) is 5.73 Å². The maximum absolute atomic E-state index is 13.7. The largest absolute Gasteiger partial charge is 0.510 e. The Morgan fingerprint density at radius 2 is 1.70 bits per heavy atom. The highest BCUT2D eigenvalue weighted by Gasteiger charge is 2.70. The number of aliphatic hydroxyl groups excluding tert-OH is 3. The van der Waals surface area contributed by atoms with Crippen LogP contribution in [0.3, 0.4) is 0 Å². The second-order valence-electron chi connectivity index (χ2n) is 9.06. The highest BCUT2D eigenvalue weighted by Crippen LogP contribution is 2.56. The van der Waals surface area contributed by atoms with Gasteiger partial charge in [0, 0.05) is 0 Å². The second kappa shape index (κ2) is 6.87. The molecule has 1 fully saturated rings. The molecule has 1 saturated carbocycles. The Morgan fingerprint density at radius 1 is 1.09 bits per heavy atom. The molecule has 0 bridgehead atoms. The summed E-state index contributed by atoms with van der Waals surface area (Å²) in [6.45, 7) is 1.25. The molecule has 176 valence electrons. The minimum atomic E-state index is -3.09. The number of primary amides is 1. The molecular formula is C22H24N2O9. The van der Waals surface area contributed by atoms with Crippen LogP contribution in [0.15, 0.2) is 35.1 Å². The SMILES string of the molecule is CN(C)C1C(O)=C(C(N)=O)C(=O)C2(O)C(=O)C3=C(O)c4c(O)cccc4[C@@](C)(O)C3C(O)C12. The van der Waals surface area contributed by atoms with Crippen molar-refractivity contribution in [3.8, 4) is 5.75 Å². The van der Waals surface area contributed by atoms with Crippen molar-refractivity contribution in [2.24, 2.45) is 17.6 Å². The molecule has 6 atom stereocenters. The molecule has 1 amide bonds. The Kier molecular flexibility index (Phi) is 4.78. The molecule has 1 aromatic rings. The van der Waals surface area contributed by atoms with Crippen molar-refractivity contribution >= 4 is 23.2 Å². The fourth-order valence-corrected chi connectivity index (χ4v) is 5.60. The van der Waals surface area contributed by atoms with Crippen molar-refractivity contribution in [2.75, 3.05) is 14.1 Å². The number of fused-ring (bicyclic) bond motifs is 3. The Bertz CT molecular complexity index is 1180. The van der Waals surface area contributed by atoms with Gasteiger partial charge in [-0.1, -0.05) is 12.1 Å². The number of hydrogen-bond acceptors (Lipinski definition) is 10. The predicted octanol–water partition coefficient (Wildman–Crippen LogP) is -1.40. The van der Waals surface area contributed by atoms with Gasteiger partial charge in [-0.25, -0.2) is 0 Å². The summed E-state index contributed by atoms with van der Waals surface area (Å²) >= 11 is 0. The standard InChI is InChI=1S/C22H24N2O9/c1-21(32)7-5-4-6-8(25)9(7)15(26)10-12(21)17(28)13-14(24(2)3)16(27)11(20(23)31)19(30)22(13,33)18(10)29/h4-6,12-14,17,25-28,32-33H,1-3H3,(H2,23,31)/t12?,13?,14?,17?,21-,22?/m1/s1. The summed E-state index contributed by atoms with van der Waals surface area (Å²) in [5.41, 5.74) is -1.87. The predicted molar refractivity (Wildman–Crippen MR) is 112 cm³/mol. The number of phenols is 1. The van der Waals surface area contributed by atoms with E-state index in [2.05, 4.69) is 0 Å². The topological polar surface area (TPSA) is 202 Å². The summed E-state index contributed by atoms with van der Waals surface area (Å²) < 4.78 is 0. The number of amides is 1. The van der Waals surface area contributed by atoms with Gasteiger partial charge in [-0.05, 0) is 32.6 Å². The fourth-order valence-electron chi connectivity index (χ4n) is 5.60. The van der Waals surface area contributed by atoms with Crippen molar-refractivity contribution in [2.45, 2.75) is 30.3 Å². The molecule has 33 heavy (non-hydrogen) atoms. The number of phenolic OH excluding ortho intramolecular Hbond substituents is 1. The van der Waals surface area contributed by atoms with Crippen LogP contribution in [0.25, 0.3) is 5.76 Å². The first kappa shape index (κ1) is 22.9. The lowest BCUT2D eigenvalue weighted by Gasteiger charge is -2.55. The van der Waals surface area contributed by atoms with Gasteiger partial charge in [0.05, 0.1) is 40.7 Å². The lowest BCUT2D eigenvalue weighted by atomic mass is 9.53. The van der Waals surface area contributed by atoms with Crippen LogP contribution < -0.4 is 5.73 Å². The Hall–Kier alpha value is -3.25. The zero-order valence-corrected chi connectivity index (χ0v) is 18.0. The Labute approximate surface area is 187 Å². The average molecular weight is 460 g/mol. The number of rotatable bonds is 2. The number of nitrogens with zero attached hydrogens (tertiary/aromatic N) is 1. The number of ketones is 2. The zero-order chi connectivity index (χ0) is 24.8. The molecule has 0 radical (unpaired) electrons. The third kappa shape index (κ3) is 2.61. The summed E-state index contributed by atoms with van der Waals surface area (Å²) in [6, 6.07) is 2.57. The second-order valence-corrected chi connectivity index (χ2v) is 9.06. The molecule has 3 aliphatic carbocycles. The van der Waals surface area contributed by atoms with Crippen LogP contribution in [-0.4, -0.2) is 84.9 Å². The van der Waals surface area contributed by atoms with E-state index in [1.165, 1.54) is 44.1 Å². The van der Waals surface area contributed by atoms with Gasteiger partial charge in [-0.15, -0.1) is 0 Å². The third-order valence-electron chi connectivity index (χ3n) is 7.03. The number of hydrogen-bond donors (Lipinski definition) is 7. The normalized spacial score (nSPS) is 36.0. The molecule has 0 saturated heterocycles. The summed E-state index contributed by atoms with van der Waals surface area (Å²) in [6.07, 6.45) is -1.87. The van der Waals surface area contributed by atoms with Crippen molar-refractivity contribution in [3.63, 3.8) is 0 Å². The van der Waals surface area contributed by atoms with E-state index < -0.39 is 81.1 Å². The summed E-state index contributed by atoms with van der Waals surface area (Å²) in [5, 5.41) is 66.2. The molecule has 11 heteroatoms. The minimum absolute atomic E-state index is 0.00664. The monoisotopic (exact) mass is 460 g/mol. The number of carbonyl (C=O) groups is 3. The van der Waals surface area contributed by atoms with E-state index in [0.29, 0.717) is 0 Å². The number of nitrogens with two attached hydrogens (primary N) is 1. The van der Waals surface area contributed by atoms with Crippen LogP contribution in [0.2, 0.25) is 0 Å². The third-order valence-corrected chi connectivity index (χ3v) is 7.03. The van der Waals surface area contributed by atoms with Crippen LogP contribution in [0.4, 0.5) is 0 Å². The molecule has 8 N–H and O–H groups in total. The van der Waals surface area contributed by atoms with E-state index in [9.17, 15) is 45.0 Å². The smallest absolute Gasteiger partial charge is 0.255 e. The molecule has 0 aliphatic heterocycles. The van der Waals surface area contributed by atoms with Gasteiger partial charge in [-0.3, -0.25) is 19.3 Å². The van der Waals surface area contributed by atoms with Crippen LogP contribution in [0.5, 0.6) is 5.75 Å². The molecule has 11 nitrogen and oxygen atoms in total. The molecule has 0 heterocycles. The number of carbonyl (C=O) groups excluding carboxylic acids is 3. The fraction of sp³-hybridized carbons (Fsp3) is 0.409. The molecule has 5 unspecified atom stereocenters. The van der Waals surface area contributed by atoms with Gasteiger partial charge in [0.1, 0.15) is 22.8 Å². The number of aromatic hydroxyl groups is 1. The summed E-state index contributed by atoms with van der Waals surface area (Å²) in [7, 11) is 2.84. The molecule has 4 rings (SSSR count). The van der Waals surface area contributed by atoms with Crippen LogP contribution in [-0.2, 0) is 20.0 Å². The summed E-state index contributed by atoms with van der Waals surface area (Å²) in [4.78, 5) is 40.1. The van der Waals surface area contributed by atoms with Gasteiger partial charge >= 0.3 is 0 Å². The van der Waals surface area contributed by atoms with E-state index in [1.54, 1.807) is 0 Å². The lowest BCUT2D eigenvalue weighted by Crippen LogP contribution is -2.72. The minimum Gasteiger partial charge on any atom is -0.510 e. The van der Waals surface area contributed by atoms with Crippen LogP contribution in [0.1, 0.15) is 18.1 Å². The van der Waals surface area contributed by atoms with E-state index in [-0.39, 0.29) is 11.1 Å².